The lowest BCUT2D eigenvalue weighted by Crippen LogP contribution is -2.40. The maximum Gasteiger partial charge on any atom is 0.269 e. The summed E-state index contributed by atoms with van der Waals surface area (Å²) in [4.78, 5) is 30.9. The number of hydrogen-bond acceptors (Lipinski definition) is 8. The molecule has 0 saturated carbocycles. The summed E-state index contributed by atoms with van der Waals surface area (Å²) in [5, 5.41) is 8.20. The lowest BCUT2D eigenvalue weighted by atomic mass is 10.0. The van der Waals surface area contributed by atoms with E-state index in [-0.39, 0.29) is 40.3 Å². The third-order valence-electron chi connectivity index (χ3n) is 5.07. The quantitative estimate of drug-likeness (QED) is 0.413. The number of fused-ring (bicyclic) bond motifs is 3. The van der Waals surface area contributed by atoms with Gasteiger partial charge in [0.25, 0.3) is 11.8 Å². The number of hydrogen-bond donors (Lipinski definition) is 2. The van der Waals surface area contributed by atoms with Crippen LogP contribution in [-0.2, 0) is 14.8 Å². The molecule has 30 heavy (non-hydrogen) atoms. The van der Waals surface area contributed by atoms with Gasteiger partial charge in [-0.2, -0.15) is 4.31 Å². The predicted molar refractivity (Wildman–Crippen MR) is 108 cm³/mol. The van der Waals surface area contributed by atoms with Gasteiger partial charge in [-0.1, -0.05) is 0 Å². The Morgan fingerprint density at radius 3 is 2.53 bits per heavy atom. The maximum atomic E-state index is 13.0. The third-order valence-corrected chi connectivity index (χ3v) is 6.97. The molecule has 2 aliphatic heterocycles. The first-order chi connectivity index (χ1) is 14.3. The molecule has 2 aliphatic rings. The summed E-state index contributed by atoms with van der Waals surface area (Å²) in [6, 6.07) is 4.31. The van der Waals surface area contributed by atoms with Gasteiger partial charge in [-0.15, -0.1) is 0 Å². The summed E-state index contributed by atoms with van der Waals surface area (Å²) < 4.78 is 32.6. The Labute approximate surface area is 172 Å². The van der Waals surface area contributed by atoms with Crippen LogP contribution >= 0.6 is 0 Å². The molecule has 1 saturated heterocycles. The highest BCUT2D eigenvalue weighted by atomic mass is 32.2. The van der Waals surface area contributed by atoms with Crippen LogP contribution in [-0.4, -0.2) is 66.6 Å². The number of benzene rings is 1. The molecule has 11 heteroatoms. The maximum absolute atomic E-state index is 13.0. The van der Waals surface area contributed by atoms with Gasteiger partial charge in [0.2, 0.25) is 10.0 Å². The Morgan fingerprint density at radius 2 is 1.87 bits per heavy atom. The zero-order chi connectivity index (χ0) is 21.6. The number of aromatic nitrogens is 1. The van der Waals surface area contributed by atoms with E-state index in [4.69, 9.17) is 15.9 Å². The number of ether oxygens (including phenoxy) is 1. The second-order valence-corrected chi connectivity index (χ2v) is 8.77. The fourth-order valence-electron chi connectivity index (χ4n) is 3.65. The average molecular weight is 429 g/mol. The van der Waals surface area contributed by atoms with E-state index in [9.17, 15) is 18.0 Å². The van der Waals surface area contributed by atoms with Gasteiger partial charge in [-0.25, -0.2) is 13.3 Å². The van der Waals surface area contributed by atoms with Crippen LogP contribution in [0.3, 0.4) is 0 Å². The minimum atomic E-state index is -3.80. The lowest BCUT2D eigenvalue weighted by molar-refractivity contribution is 0.0730. The fraction of sp³-hybridized carbons (Fsp3) is 0.263. The number of amides is 2. The number of sulfonamides is 1. The molecule has 4 rings (SSSR count). The zero-order valence-corrected chi connectivity index (χ0v) is 16.9. The van der Waals surface area contributed by atoms with E-state index < -0.39 is 21.8 Å². The Hall–Kier alpha value is -3.15. The topological polar surface area (TPSA) is 147 Å². The normalized spacial score (nSPS) is 17.8. The van der Waals surface area contributed by atoms with E-state index >= 15 is 0 Å². The van der Waals surface area contributed by atoms with Gasteiger partial charge in [-0.05, 0) is 37.4 Å². The van der Waals surface area contributed by atoms with E-state index in [0.29, 0.717) is 29.3 Å². The first-order valence-corrected chi connectivity index (χ1v) is 10.6. The van der Waals surface area contributed by atoms with Crippen molar-refractivity contribution in [1.82, 2.24) is 14.2 Å². The lowest BCUT2D eigenvalue weighted by Gasteiger charge is -2.26. The van der Waals surface area contributed by atoms with Crippen molar-refractivity contribution >= 4 is 38.6 Å². The Balaban J connectivity index is 1.89. The van der Waals surface area contributed by atoms with E-state index in [1.807, 2.05) is 0 Å². The van der Waals surface area contributed by atoms with Crippen LogP contribution in [0.15, 0.2) is 35.4 Å². The minimum Gasteiger partial charge on any atom is -0.404 e. The largest absolute Gasteiger partial charge is 0.404 e. The molecule has 3 heterocycles. The number of imide groups is 1. The summed E-state index contributed by atoms with van der Waals surface area (Å²) in [7, 11) is -3.80. The van der Waals surface area contributed by atoms with Gasteiger partial charge in [0.05, 0.1) is 40.4 Å². The molecule has 1 fully saturated rings. The molecule has 1 aromatic carbocycles. The second-order valence-electron chi connectivity index (χ2n) is 6.83. The van der Waals surface area contributed by atoms with Crippen molar-refractivity contribution in [3.8, 4) is 0 Å². The number of nitrogens with zero attached hydrogens (tertiary/aromatic N) is 3. The standard InChI is InChI=1S/C19H19N5O5S/c1-11-16-17(19(26)24(18(16)25)15(21)4-5-20)13-10-12(2-3-14(13)22-11)30(27,28)23-6-8-29-9-7-23/h2-5,10,21H,6-9,20H2,1H3. The summed E-state index contributed by atoms with van der Waals surface area (Å²) in [6.45, 7) is 2.67. The second kappa shape index (κ2) is 7.27. The summed E-state index contributed by atoms with van der Waals surface area (Å²) >= 11 is 0. The first-order valence-electron chi connectivity index (χ1n) is 9.15. The Morgan fingerprint density at radius 1 is 1.20 bits per heavy atom. The van der Waals surface area contributed by atoms with Crippen molar-refractivity contribution in [2.45, 2.75) is 11.8 Å². The molecule has 3 N–H and O–H groups in total. The smallest absolute Gasteiger partial charge is 0.269 e. The molecule has 0 aliphatic carbocycles. The summed E-state index contributed by atoms with van der Waals surface area (Å²) in [5.41, 5.74) is 6.10. The van der Waals surface area contributed by atoms with Gasteiger partial charge in [0, 0.05) is 18.5 Å². The molecule has 1 aromatic heterocycles. The number of carbonyl (C=O) groups excluding carboxylic acids is 2. The van der Waals surface area contributed by atoms with Crippen molar-refractivity contribution in [2.75, 3.05) is 26.3 Å². The van der Waals surface area contributed by atoms with Gasteiger partial charge in [-0.3, -0.25) is 20.0 Å². The van der Waals surface area contributed by atoms with Crippen LogP contribution in [0.4, 0.5) is 0 Å². The van der Waals surface area contributed by atoms with Crippen molar-refractivity contribution in [3.05, 3.63) is 47.3 Å². The van der Waals surface area contributed by atoms with Gasteiger partial charge < -0.3 is 10.5 Å². The molecule has 0 bridgehead atoms. The van der Waals surface area contributed by atoms with E-state index in [2.05, 4.69) is 4.98 Å². The average Bonchev–Trinajstić information content (AvgIpc) is 3.00. The van der Waals surface area contributed by atoms with Crippen molar-refractivity contribution in [2.24, 2.45) is 5.73 Å². The van der Waals surface area contributed by atoms with Crippen LogP contribution in [0.25, 0.3) is 10.9 Å². The third kappa shape index (κ3) is 2.98. The highest BCUT2D eigenvalue weighted by Crippen LogP contribution is 2.33. The van der Waals surface area contributed by atoms with E-state index in [1.165, 1.54) is 22.5 Å². The molecule has 0 radical (unpaired) electrons. The van der Waals surface area contributed by atoms with Gasteiger partial charge in [0.1, 0.15) is 5.84 Å². The highest BCUT2D eigenvalue weighted by molar-refractivity contribution is 7.89. The van der Waals surface area contributed by atoms with Crippen molar-refractivity contribution < 1.29 is 22.7 Å². The highest BCUT2D eigenvalue weighted by Gasteiger charge is 2.41. The van der Waals surface area contributed by atoms with E-state index in [1.54, 1.807) is 6.92 Å². The number of rotatable bonds is 3. The SMILES string of the molecule is Cc1nc2ccc(S(=O)(=O)N3CCOCC3)cc2c2c1C(=O)N(C(=N)C=CN)C2=O. The fourth-order valence-corrected chi connectivity index (χ4v) is 5.08. The Bertz CT molecular complexity index is 1230. The predicted octanol–water partition coefficient (Wildman–Crippen LogP) is 0.610. The van der Waals surface area contributed by atoms with Gasteiger partial charge in [0.15, 0.2) is 0 Å². The van der Waals surface area contributed by atoms with Crippen LogP contribution in [0.2, 0.25) is 0 Å². The Kier molecular flexibility index (Phi) is 4.88. The summed E-state index contributed by atoms with van der Waals surface area (Å²) in [6.07, 6.45) is 2.18. The van der Waals surface area contributed by atoms with E-state index in [0.717, 1.165) is 12.3 Å². The monoisotopic (exact) mass is 429 g/mol. The van der Waals surface area contributed by atoms with Crippen LogP contribution in [0, 0.1) is 12.3 Å². The number of nitrogens with one attached hydrogen (secondary N) is 1. The molecule has 0 spiro atoms. The molecule has 0 unspecified atom stereocenters. The number of nitrogens with two attached hydrogens (primary N) is 1. The van der Waals surface area contributed by atoms with Crippen LogP contribution in [0.5, 0.6) is 0 Å². The number of pyridine rings is 1. The number of morpholine rings is 1. The number of carbonyl (C=O) groups is 2. The molecular formula is C19H19N5O5S. The molecule has 0 atom stereocenters. The zero-order valence-electron chi connectivity index (χ0n) is 16.1. The van der Waals surface area contributed by atoms with Crippen LogP contribution < -0.4 is 5.73 Å². The van der Waals surface area contributed by atoms with Crippen molar-refractivity contribution in [3.63, 3.8) is 0 Å². The molecule has 2 aromatic rings. The minimum absolute atomic E-state index is 0.000354. The number of aryl methyl sites for hydroxylation is 1. The summed E-state index contributed by atoms with van der Waals surface area (Å²) in [5.74, 6) is -1.78. The molecular weight excluding hydrogens is 410 g/mol. The molecule has 10 nitrogen and oxygen atoms in total. The first kappa shape index (κ1) is 20.1. The molecule has 156 valence electrons. The van der Waals surface area contributed by atoms with Crippen molar-refractivity contribution in [1.29, 1.82) is 5.41 Å². The molecule has 2 amide bonds. The number of amidine groups is 1. The van der Waals surface area contributed by atoms with Crippen LogP contribution in [0.1, 0.15) is 26.4 Å². The van der Waals surface area contributed by atoms with Gasteiger partial charge >= 0.3 is 0 Å².